The lowest BCUT2D eigenvalue weighted by atomic mass is 10.4. The Morgan fingerprint density at radius 2 is 2.50 bits per heavy atom. The van der Waals surface area contributed by atoms with E-state index in [0.29, 0.717) is 20.6 Å². The first kappa shape index (κ1) is 10.2. The lowest BCUT2D eigenvalue weighted by molar-refractivity contribution is 0.209. The molecule has 0 aliphatic heterocycles. The lowest BCUT2D eigenvalue weighted by Crippen LogP contribution is -1.95. The van der Waals surface area contributed by atoms with E-state index >= 15 is 0 Å². The van der Waals surface area contributed by atoms with E-state index in [4.69, 9.17) is 16.3 Å². The van der Waals surface area contributed by atoms with E-state index < -0.39 is 6.10 Å². The molecule has 1 aromatic rings. The summed E-state index contributed by atoms with van der Waals surface area (Å²) >= 11 is 10.1. The number of rotatable bonds is 3. The van der Waals surface area contributed by atoms with Crippen molar-refractivity contribution in [2.45, 2.75) is 6.10 Å². The number of thiazole rings is 1. The molecule has 1 rings (SSSR count). The fourth-order valence-corrected chi connectivity index (χ4v) is 2.32. The molecule has 12 heavy (non-hydrogen) atoms. The monoisotopic (exact) mass is 271 g/mol. The Morgan fingerprint density at radius 1 is 1.83 bits per heavy atom. The van der Waals surface area contributed by atoms with Gasteiger partial charge in [0.15, 0.2) is 0 Å². The molecule has 68 valence electrons. The number of halogens is 2. The standard InChI is InChI=1S/C6H7BrClNO2S/c1-11-6-9-5(8)4(12-6)3(10)2-7/h3,10H,2H2,1H3. The number of ether oxygens (including phenoxy) is 1. The van der Waals surface area contributed by atoms with Gasteiger partial charge in [0.05, 0.1) is 12.0 Å². The van der Waals surface area contributed by atoms with Crippen LogP contribution >= 0.6 is 38.9 Å². The second kappa shape index (κ2) is 4.41. The van der Waals surface area contributed by atoms with Gasteiger partial charge >= 0.3 is 0 Å². The van der Waals surface area contributed by atoms with Gasteiger partial charge in [0.25, 0.3) is 5.19 Å². The topological polar surface area (TPSA) is 42.4 Å². The minimum Gasteiger partial charge on any atom is -0.473 e. The van der Waals surface area contributed by atoms with Gasteiger partial charge in [-0.15, -0.1) is 0 Å². The smallest absolute Gasteiger partial charge is 0.274 e. The Hall–Kier alpha value is 0.160. The predicted octanol–water partition coefficient (Wildman–Crippen LogP) is 2.23. The van der Waals surface area contributed by atoms with Crippen LogP contribution in [0.2, 0.25) is 5.15 Å². The van der Waals surface area contributed by atoms with Crippen LogP contribution in [0.3, 0.4) is 0 Å². The minimum absolute atomic E-state index is 0.309. The summed E-state index contributed by atoms with van der Waals surface area (Å²) in [6.07, 6.45) is -0.612. The average Bonchev–Trinajstić information content (AvgIpc) is 2.45. The van der Waals surface area contributed by atoms with Gasteiger partial charge in [0, 0.05) is 5.33 Å². The molecular formula is C6H7BrClNO2S. The van der Waals surface area contributed by atoms with Gasteiger partial charge in [0.1, 0.15) is 11.3 Å². The van der Waals surface area contributed by atoms with Crippen molar-refractivity contribution in [2.75, 3.05) is 12.4 Å². The van der Waals surface area contributed by atoms with E-state index in [1.165, 1.54) is 18.4 Å². The normalized spacial score (nSPS) is 13.0. The number of alkyl halides is 1. The molecule has 3 nitrogen and oxygen atoms in total. The fourth-order valence-electron chi connectivity index (χ4n) is 0.657. The SMILES string of the molecule is COc1nc(Cl)c(C(O)CBr)s1. The second-order valence-corrected chi connectivity index (χ2v) is 4.01. The van der Waals surface area contributed by atoms with Crippen LogP contribution in [0, 0.1) is 0 Å². The van der Waals surface area contributed by atoms with Gasteiger partial charge in [-0.25, -0.2) is 0 Å². The molecular weight excluding hydrogens is 265 g/mol. The molecule has 0 fully saturated rings. The summed E-state index contributed by atoms with van der Waals surface area (Å²) in [6.45, 7) is 0. The summed E-state index contributed by atoms with van der Waals surface area (Å²) in [5.41, 5.74) is 0. The number of aromatic nitrogens is 1. The van der Waals surface area contributed by atoms with E-state index in [-0.39, 0.29) is 0 Å². The van der Waals surface area contributed by atoms with Crippen molar-refractivity contribution >= 4 is 38.9 Å². The number of nitrogens with zero attached hydrogens (tertiary/aromatic N) is 1. The van der Waals surface area contributed by atoms with Crippen LogP contribution < -0.4 is 4.74 Å². The Bertz CT molecular complexity index is 268. The van der Waals surface area contributed by atoms with Crippen LogP contribution in [-0.4, -0.2) is 22.5 Å². The maximum absolute atomic E-state index is 9.40. The van der Waals surface area contributed by atoms with Gasteiger partial charge in [-0.3, -0.25) is 0 Å². The maximum atomic E-state index is 9.40. The van der Waals surface area contributed by atoms with Gasteiger partial charge in [-0.1, -0.05) is 38.9 Å². The Labute approximate surface area is 87.5 Å². The molecule has 0 aromatic carbocycles. The highest BCUT2D eigenvalue weighted by molar-refractivity contribution is 9.09. The van der Waals surface area contributed by atoms with Crippen LogP contribution in [0.25, 0.3) is 0 Å². The number of methoxy groups -OCH3 is 1. The highest BCUT2D eigenvalue weighted by atomic mass is 79.9. The minimum atomic E-state index is -0.612. The van der Waals surface area contributed by atoms with Crippen molar-refractivity contribution in [3.8, 4) is 5.19 Å². The van der Waals surface area contributed by atoms with Crippen LogP contribution in [-0.2, 0) is 0 Å². The Balaban J connectivity index is 2.91. The van der Waals surface area contributed by atoms with E-state index in [2.05, 4.69) is 20.9 Å². The largest absolute Gasteiger partial charge is 0.473 e. The first-order valence-corrected chi connectivity index (χ1v) is 5.45. The van der Waals surface area contributed by atoms with Crippen molar-refractivity contribution in [2.24, 2.45) is 0 Å². The Kier molecular flexibility index (Phi) is 3.77. The molecule has 0 saturated carbocycles. The molecule has 0 aliphatic carbocycles. The first-order valence-electron chi connectivity index (χ1n) is 3.13. The summed E-state index contributed by atoms with van der Waals surface area (Å²) < 4.78 is 4.87. The molecule has 0 bridgehead atoms. The number of aliphatic hydroxyl groups is 1. The highest BCUT2D eigenvalue weighted by Crippen LogP contribution is 2.33. The predicted molar refractivity (Wildman–Crippen MR) is 52.4 cm³/mol. The molecule has 0 spiro atoms. The molecule has 0 aliphatic rings. The van der Waals surface area contributed by atoms with Crippen LogP contribution in [0.4, 0.5) is 0 Å². The molecule has 0 radical (unpaired) electrons. The van der Waals surface area contributed by atoms with Crippen molar-refractivity contribution in [3.05, 3.63) is 10.0 Å². The molecule has 1 unspecified atom stereocenters. The van der Waals surface area contributed by atoms with Crippen molar-refractivity contribution in [3.63, 3.8) is 0 Å². The van der Waals surface area contributed by atoms with Crippen LogP contribution in [0.15, 0.2) is 0 Å². The number of hydrogen-bond acceptors (Lipinski definition) is 4. The molecule has 1 aromatic heterocycles. The summed E-state index contributed by atoms with van der Waals surface area (Å²) in [7, 11) is 1.51. The lowest BCUT2D eigenvalue weighted by Gasteiger charge is -2.01. The van der Waals surface area contributed by atoms with Crippen molar-refractivity contribution in [1.82, 2.24) is 4.98 Å². The third kappa shape index (κ3) is 2.10. The zero-order valence-electron chi connectivity index (χ0n) is 6.25. The molecule has 6 heteroatoms. The zero-order valence-corrected chi connectivity index (χ0v) is 9.41. The third-order valence-corrected chi connectivity index (χ3v) is 3.34. The van der Waals surface area contributed by atoms with E-state index in [1.807, 2.05) is 0 Å². The van der Waals surface area contributed by atoms with Gasteiger partial charge in [0.2, 0.25) is 0 Å². The van der Waals surface area contributed by atoms with Crippen molar-refractivity contribution < 1.29 is 9.84 Å². The summed E-state index contributed by atoms with van der Waals surface area (Å²) in [5, 5.41) is 10.6. The summed E-state index contributed by atoms with van der Waals surface area (Å²) in [5.74, 6) is 0. The molecule has 1 N–H and O–H groups in total. The molecule has 1 atom stereocenters. The Morgan fingerprint density at radius 3 is 2.92 bits per heavy atom. The summed E-state index contributed by atoms with van der Waals surface area (Å²) in [6, 6.07) is 0. The third-order valence-electron chi connectivity index (χ3n) is 1.21. The quantitative estimate of drug-likeness (QED) is 0.858. The van der Waals surface area contributed by atoms with Crippen molar-refractivity contribution in [1.29, 1.82) is 0 Å². The summed E-state index contributed by atoms with van der Waals surface area (Å²) in [4.78, 5) is 4.51. The number of hydrogen-bond donors (Lipinski definition) is 1. The fraction of sp³-hybridized carbons (Fsp3) is 0.500. The number of aliphatic hydroxyl groups excluding tert-OH is 1. The van der Waals surface area contributed by atoms with Crippen LogP contribution in [0.5, 0.6) is 5.19 Å². The maximum Gasteiger partial charge on any atom is 0.274 e. The zero-order chi connectivity index (χ0) is 9.14. The average molecular weight is 273 g/mol. The first-order chi connectivity index (χ1) is 5.69. The second-order valence-electron chi connectivity index (χ2n) is 2.01. The van der Waals surface area contributed by atoms with E-state index in [9.17, 15) is 5.11 Å². The molecule has 0 saturated heterocycles. The van der Waals surface area contributed by atoms with E-state index in [0.717, 1.165) is 0 Å². The molecule has 1 heterocycles. The van der Waals surface area contributed by atoms with Gasteiger partial charge in [-0.05, 0) is 0 Å². The van der Waals surface area contributed by atoms with Crippen LogP contribution in [0.1, 0.15) is 11.0 Å². The van der Waals surface area contributed by atoms with E-state index in [1.54, 1.807) is 0 Å². The van der Waals surface area contributed by atoms with Gasteiger partial charge < -0.3 is 9.84 Å². The van der Waals surface area contributed by atoms with Gasteiger partial charge in [-0.2, -0.15) is 4.98 Å². The molecule has 0 amide bonds. The highest BCUT2D eigenvalue weighted by Gasteiger charge is 2.16.